The molecule has 0 aliphatic carbocycles. The largest absolute Gasteiger partial charge is 0.340 e. The minimum atomic E-state index is 0.184. The molecule has 0 N–H and O–H groups in total. The third kappa shape index (κ3) is 3.72. The van der Waals surface area contributed by atoms with E-state index in [1.165, 1.54) is 24.8 Å². The highest BCUT2D eigenvalue weighted by molar-refractivity contribution is 5.78. The maximum atomic E-state index is 12.5. The molecule has 0 unspecified atom stereocenters. The lowest BCUT2D eigenvalue weighted by atomic mass is 9.86. The van der Waals surface area contributed by atoms with Crippen LogP contribution in [0.15, 0.2) is 24.5 Å². The number of amides is 1. The summed E-state index contributed by atoms with van der Waals surface area (Å²) in [6.07, 6.45) is 8.51. The summed E-state index contributed by atoms with van der Waals surface area (Å²) in [6.45, 7) is 4.43. The second-order valence-corrected chi connectivity index (χ2v) is 7.26. The van der Waals surface area contributed by atoms with Gasteiger partial charge in [-0.1, -0.05) is 0 Å². The van der Waals surface area contributed by atoms with Crippen molar-refractivity contribution >= 4 is 5.91 Å². The highest BCUT2D eigenvalue weighted by Gasteiger charge is 2.44. The lowest BCUT2D eigenvalue weighted by molar-refractivity contribution is -0.135. The van der Waals surface area contributed by atoms with Crippen molar-refractivity contribution in [3.05, 3.63) is 30.1 Å². The predicted octanol–water partition coefficient (Wildman–Crippen LogP) is 1.60. The van der Waals surface area contributed by atoms with Crippen molar-refractivity contribution in [3.8, 4) is 0 Å². The number of aromatic nitrogens is 1. The molecule has 3 heterocycles. The minimum Gasteiger partial charge on any atom is -0.340 e. The second-order valence-electron chi connectivity index (χ2n) is 7.26. The summed E-state index contributed by atoms with van der Waals surface area (Å²) < 4.78 is 0. The highest BCUT2D eigenvalue weighted by Crippen LogP contribution is 2.38. The van der Waals surface area contributed by atoms with Crippen LogP contribution in [-0.2, 0) is 11.3 Å². The lowest BCUT2D eigenvalue weighted by Crippen LogP contribution is -2.57. The van der Waals surface area contributed by atoms with Crippen molar-refractivity contribution in [1.82, 2.24) is 19.7 Å². The van der Waals surface area contributed by atoms with Crippen LogP contribution >= 0.6 is 0 Å². The molecule has 5 heteroatoms. The van der Waals surface area contributed by atoms with Gasteiger partial charge in [-0.2, -0.15) is 0 Å². The van der Waals surface area contributed by atoms with Crippen molar-refractivity contribution < 1.29 is 4.79 Å². The van der Waals surface area contributed by atoms with E-state index >= 15 is 0 Å². The van der Waals surface area contributed by atoms with Crippen LogP contribution in [0.2, 0.25) is 0 Å². The number of likely N-dealkylation sites (tertiary alicyclic amines) is 2. The van der Waals surface area contributed by atoms with Crippen LogP contribution in [0.3, 0.4) is 0 Å². The molecule has 0 radical (unpaired) electrons. The van der Waals surface area contributed by atoms with Crippen molar-refractivity contribution in [2.75, 3.05) is 40.3 Å². The van der Waals surface area contributed by atoms with E-state index < -0.39 is 0 Å². The molecule has 0 saturated carbocycles. The summed E-state index contributed by atoms with van der Waals surface area (Å²) in [5.74, 6) is 0.268. The van der Waals surface area contributed by atoms with E-state index in [1.807, 2.05) is 31.4 Å². The van der Waals surface area contributed by atoms with Crippen molar-refractivity contribution in [1.29, 1.82) is 0 Å². The third-order valence-corrected chi connectivity index (χ3v) is 5.22. The third-order valence-electron chi connectivity index (χ3n) is 5.22. The Kier molecular flexibility index (Phi) is 4.97. The van der Waals surface area contributed by atoms with Gasteiger partial charge in [0.2, 0.25) is 5.91 Å². The van der Waals surface area contributed by atoms with Crippen molar-refractivity contribution in [2.24, 2.45) is 0 Å². The van der Waals surface area contributed by atoms with E-state index in [0.717, 1.165) is 32.6 Å². The molecule has 23 heavy (non-hydrogen) atoms. The molecular weight excluding hydrogens is 288 g/mol. The molecule has 1 aromatic heterocycles. The van der Waals surface area contributed by atoms with Gasteiger partial charge < -0.3 is 9.80 Å². The number of piperidine rings is 1. The topological polar surface area (TPSA) is 39.7 Å². The molecule has 2 aliphatic heterocycles. The molecule has 1 atom stereocenters. The Hall–Kier alpha value is -1.46. The van der Waals surface area contributed by atoms with Gasteiger partial charge >= 0.3 is 0 Å². The number of rotatable bonds is 4. The van der Waals surface area contributed by atoms with Crippen molar-refractivity contribution in [3.63, 3.8) is 0 Å². The van der Waals surface area contributed by atoms with Gasteiger partial charge in [0.15, 0.2) is 0 Å². The first-order valence-corrected chi connectivity index (χ1v) is 8.66. The maximum absolute atomic E-state index is 12.5. The van der Waals surface area contributed by atoms with E-state index in [0.29, 0.717) is 6.54 Å². The number of hydrogen-bond donors (Lipinski definition) is 0. The molecule has 0 aromatic carbocycles. The molecule has 2 saturated heterocycles. The van der Waals surface area contributed by atoms with Gasteiger partial charge in [-0.05, 0) is 64.0 Å². The van der Waals surface area contributed by atoms with Crippen LogP contribution in [0.5, 0.6) is 0 Å². The van der Waals surface area contributed by atoms with Gasteiger partial charge in [0.05, 0.1) is 6.54 Å². The molecule has 126 valence electrons. The summed E-state index contributed by atoms with van der Waals surface area (Å²) in [6, 6.07) is 4.20. The summed E-state index contributed by atoms with van der Waals surface area (Å²) in [5, 5.41) is 0. The number of nitrogens with zero attached hydrogens (tertiary/aromatic N) is 4. The van der Waals surface area contributed by atoms with Crippen LogP contribution in [0, 0.1) is 0 Å². The van der Waals surface area contributed by atoms with Gasteiger partial charge in [-0.15, -0.1) is 0 Å². The van der Waals surface area contributed by atoms with E-state index in [4.69, 9.17) is 0 Å². The molecule has 2 aliphatic rings. The SMILES string of the molecule is CN(C)CC(=O)N1CCC[C@@]2(CCCN2Cc2ccncc2)C1. The quantitative estimate of drug-likeness (QED) is 0.846. The van der Waals surface area contributed by atoms with Crippen LogP contribution in [0.1, 0.15) is 31.2 Å². The summed E-state index contributed by atoms with van der Waals surface area (Å²) in [4.78, 5) is 23.2. The van der Waals surface area contributed by atoms with Crippen LogP contribution in [0.25, 0.3) is 0 Å². The minimum absolute atomic E-state index is 0.184. The first-order chi connectivity index (χ1) is 11.1. The Morgan fingerprint density at radius 2 is 1.91 bits per heavy atom. The summed E-state index contributed by atoms with van der Waals surface area (Å²) in [7, 11) is 3.92. The van der Waals surface area contributed by atoms with Crippen LogP contribution < -0.4 is 0 Å². The van der Waals surface area contributed by atoms with Crippen LogP contribution in [0.4, 0.5) is 0 Å². The zero-order chi connectivity index (χ0) is 16.3. The highest BCUT2D eigenvalue weighted by atomic mass is 16.2. The Morgan fingerprint density at radius 3 is 2.61 bits per heavy atom. The standard InChI is InChI=1S/C18H28N4O/c1-20(2)14-17(23)21-11-3-7-18(15-21)8-4-12-22(18)13-16-5-9-19-10-6-16/h5-6,9-10H,3-4,7-8,11-15H2,1-2H3/t18-/m1/s1. The average molecular weight is 316 g/mol. The summed E-state index contributed by atoms with van der Waals surface area (Å²) in [5.41, 5.74) is 1.50. The van der Waals surface area contributed by atoms with Gasteiger partial charge in [0.25, 0.3) is 0 Å². The van der Waals surface area contributed by atoms with Gasteiger partial charge in [0.1, 0.15) is 0 Å². The van der Waals surface area contributed by atoms with E-state index in [9.17, 15) is 4.79 Å². The lowest BCUT2D eigenvalue weighted by Gasteiger charge is -2.46. The Labute approximate surface area is 139 Å². The molecule has 5 nitrogen and oxygen atoms in total. The molecule has 0 bridgehead atoms. The first-order valence-electron chi connectivity index (χ1n) is 8.66. The zero-order valence-electron chi connectivity index (χ0n) is 14.4. The Bertz CT molecular complexity index is 533. The fraction of sp³-hybridized carbons (Fsp3) is 0.667. The van der Waals surface area contributed by atoms with Gasteiger partial charge in [0, 0.05) is 37.6 Å². The molecule has 1 spiro atoms. The summed E-state index contributed by atoms with van der Waals surface area (Å²) >= 11 is 0. The average Bonchev–Trinajstić information content (AvgIpc) is 2.89. The molecular formula is C18H28N4O. The van der Waals surface area contributed by atoms with Crippen molar-refractivity contribution in [2.45, 2.75) is 37.8 Å². The monoisotopic (exact) mass is 316 g/mol. The number of carbonyl (C=O) groups is 1. The van der Waals surface area contributed by atoms with Gasteiger partial charge in [-0.3, -0.25) is 14.7 Å². The fourth-order valence-electron chi connectivity index (χ4n) is 4.11. The van der Waals surface area contributed by atoms with Crippen LogP contribution in [-0.4, -0.2) is 71.4 Å². The van der Waals surface area contributed by atoms with E-state index in [1.54, 1.807) is 0 Å². The molecule has 2 fully saturated rings. The Morgan fingerprint density at radius 1 is 1.22 bits per heavy atom. The Balaban J connectivity index is 1.70. The molecule has 3 rings (SSSR count). The predicted molar refractivity (Wildman–Crippen MR) is 91.0 cm³/mol. The number of carbonyl (C=O) groups excluding carboxylic acids is 1. The zero-order valence-corrected chi connectivity index (χ0v) is 14.4. The number of hydrogen-bond acceptors (Lipinski definition) is 4. The smallest absolute Gasteiger partial charge is 0.236 e. The van der Waals surface area contributed by atoms with E-state index in [-0.39, 0.29) is 11.4 Å². The fourth-order valence-corrected chi connectivity index (χ4v) is 4.11. The normalized spacial score (nSPS) is 25.4. The van der Waals surface area contributed by atoms with Gasteiger partial charge in [-0.25, -0.2) is 0 Å². The second kappa shape index (κ2) is 6.97. The maximum Gasteiger partial charge on any atom is 0.236 e. The number of pyridine rings is 1. The molecule has 1 amide bonds. The molecule has 1 aromatic rings. The number of likely N-dealkylation sites (N-methyl/N-ethyl adjacent to an activating group) is 1. The first kappa shape index (κ1) is 16.4. The van der Waals surface area contributed by atoms with E-state index in [2.05, 4.69) is 26.9 Å².